The number of hydrogen-bond acceptors (Lipinski definition) is 1. The maximum absolute atomic E-state index is 10.9. The van der Waals surface area contributed by atoms with E-state index >= 15 is 0 Å². The number of carboxylic acids is 1. The van der Waals surface area contributed by atoms with Crippen molar-refractivity contribution in [2.75, 3.05) is 0 Å². The van der Waals surface area contributed by atoms with Crippen molar-refractivity contribution < 1.29 is 9.90 Å². The van der Waals surface area contributed by atoms with E-state index in [1.807, 2.05) is 12.1 Å². The molecule has 0 fully saturated rings. The van der Waals surface area contributed by atoms with Gasteiger partial charge in [0.05, 0.1) is 5.56 Å². The molecule has 0 spiro atoms. The van der Waals surface area contributed by atoms with Crippen LogP contribution in [0.2, 0.25) is 0 Å². The maximum Gasteiger partial charge on any atom is 0.335 e. The fraction of sp³-hybridized carbons (Fsp3) is 0.533. The zero-order valence-electron chi connectivity index (χ0n) is 12.5. The Hall–Kier alpha value is -0.400. The molecule has 1 rings (SSSR count). The number of benzene rings is 1. The van der Waals surface area contributed by atoms with Gasteiger partial charge in [0, 0.05) is 0 Å². The molecule has 0 atom stereocenters. The smallest absolute Gasteiger partial charge is 0.335 e. The van der Waals surface area contributed by atoms with Crippen molar-refractivity contribution >= 4 is 36.2 Å². The van der Waals surface area contributed by atoms with E-state index in [-0.39, 0.29) is 35.2 Å². The van der Waals surface area contributed by atoms with E-state index in [4.69, 9.17) is 5.11 Å². The van der Waals surface area contributed by atoms with Gasteiger partial charge in [0.2, 0.25) is 0 Å². The van der Waals surface area contributed by atoms with E-state index in [2.05, 4.69) is 41.5 Å². The molecule has 0 aliphatic heterocycles. The predicted molar refractivity (Wildman–Crippen MR) is 89.8 cm³/mol. The molecule has 0 amide bonds. The zero-order chi connectivity index (χ0) is 14.1. The third kappa shape index (κ3) is 4.89. The minimum absolute atomic E-state index is 0. The summed E-state index contributed by atoms with van der Waals surface area (Å²) in [6.45, 7) is 13.6. The summed E-state index contributed by atoms with van der Waals surface area (Å²) in [5, 5.41) is 10.6. The fourth-order valence-electron chi connectivity index (χ4n) is 2.53. The van der Waals surface area contributed by atoms with Crippen molar-refractivity contribution in [3.8, 4) is 0 Å². The Morgan fingerprint density at radius 2 is 1.32 bits per heavy atom. The molecule has 0 saturated heterocycles. The molecule has 1 N–H and O–H groups in total. The van der Waals surface area contributed by atoms with Crippen molar-refractivity contribution in [2.24, 2.45) is 0 Å². The summed E-state index contributed by atoms with van der Waals surface area (Å²) in [7, 11) is -0.362. The highest BCUT2D eigenvalue weighted by Gasteiger charge is 2.35. The molecule has 0 radical (unpaired) electrons. The molecule has 1 aromatic carbocycles. The van der Waals surface area contributed by atoms with Crippen LogP contribution >= 0.6 is 24.9 Å². The van der Waals surface area contributed by atoms with Gasteiger partial charge in [0.15, 0.2) is 0 Å². The molecular weight excluding hydrogens is 323 g/mol. The van der Waals surface area contributed by atoms with Crippen LogP contribution in [0.15, 0.2) is 24.3 Å². The van der Waals surface area contributed by atoms with Gasteiger partial charge in [-0.1, -0.05) is 61.6 Å². The number of aromatic carboxylic acids is 1. The van der Waals surface area contributed by atoms with E-state index < -0.39 is 5.97 Å². The molecule has 108 valence electrons. The molecule has 0 aliphatic rings. The number of halogens is 1. The van der Waals surface area contributed by atoms with Gasteiger partial charge in [-0.2, -0.15) is 0 Å². The number of carbonyl (C=O) groups is 1. The second-order valence-electron chi connectivity index (χ2n) is 6.53. The molecule has 0 aromatic heterocycles. The van der Waals surface area contributed by atoms with Crippen LogP contribution in [0.1, 0.15) is 51.9 Å². The summed E-state index contributed by atoms with van der Waals surface area (Å²) in [6.07, 6.45) is 0. The van der Waals surface area contributed by atoms with E-state index in [9.17, 15) is 4.79 Å². The van der Waals surface area contributed by atoms with Crippen molar-refractivity contribution in [3.63, 3.8) is 0 Å². The summed E-state index contributed by atoms with van der Waals surface area (Å²) in [4.78, 5) is 10.9. The lowest BCUT2D eigenvalue weighted by Gasteiger charge is -2.41. The van der Waals surface area contributed by atoms with E-state index in [0.717, 1.165) is 0 Å². The first-order valence-electron chi connectivity index (χ1n) is 6.17. The quantitative estimate of drug-likeness (QED) is 0.790. The summed E-state index contributed by atoms with van der Waals surface area (Å²) < 4.78 is 0. The maximum atomic E-state index is 10.9. The molecule has 0 heterocycles. The van der Waals surface area contributed by atoms with Crippen molar-refractivity contribution in [3.05, 3.63) is 29.8 Å². The lowest BCUT2D eigenvalue weighted by atomic mass is 10.2. The Bertz CT molecular complexity index is 413. The number of carboxylic acid groups (broad SMARTS) is 1. The monoisotopic (exact) mass is 346 g/mol. The number of rotatable bonds is 2. The van der Waals surface area contributed by atoms with Crippen LogP contribution in [0.3, 0.4) is 0 Å². The van der Waals surface area contributed by atoms with Gasteiger partial charge in [0.1, 0.15) is 0 Å². The molecule has 1 aromatic rings. The third-order valence-electron chi connectivity index (χ3n) is 2.71. The standard InChI is InChI=1S/C15H23O2P.BrH/c1-14(2,3)18(15(4,5)6)12-9-7-11(8-10-12)13(16)17;/h7-10H,1-6H3,(H,16,17);1H. The van der Waals surface area contributed by atoms with Crippen LogP contribution in [0.4, 0.5) is 0 Å². The Balaban J connectivity index is 0.00000324. The second-order valence-corrected chi connectivity index (χ2v) is 10.4. The molecule has 0 bridgehead atoms. The van der Waals surface area contributed by atoms with Crippen LogP contribution in [-0.2, 0) is 0 Å². The SMILES string of the molecule is Br.CC(C)(C)P(c1ccc(C(=O)O)cc1)C(C)(C)C. The first-order valence-corrected chi connectivity index (χ1v) is 7.51. The lowest BCUT2D eigenvalue weighted by Crippen LogP contribution is -2.31. The second kappa shape index (κ2) is 6.37. The van der Waals surface area contributed by atoms with Crippen LogP contribution in [0.25, 0.3) is 0 Å². The largest absolute Gasteiger partial charge is 0.478 e. The molecule has 19 heavy (non-hydrogen) atoms. The molecule has 0 unspecified atom stereocenters. The van der Waals surface area contributed by atoms with Crippen molar-refractivity contribution in [1.29, 1.82) is 0 Å². The average molecular weight is 347 g/mol. The van der Waals surface area contributed by atoms with Crippen LogP contribution in [0, 0.1) is 0 Å². The van der Waals surface area contributed by atoms with Gasteiger partial charge in [-0.05, 0) is 27.7 Å². The Morgan fingerprint density at radius 1 is 0.947 bits per heavy atom. The van der Waals surface area contributed by atoms with Gasteiger partial charge < -0.3 is 5.11 Å². The van der Waals surface area contributed by atoms with Crippen molar-refractivity contribution in [1.82, 2.24) is 0 Å². The lowest BCUT2D eigenvalue weighted by molar-refractivity contribution is 0.0697. The minimum atomic E-state index is -0.864. The third-order valence-corrected chi connectivity index (χ3v) is 6.21. The van der Waals surface area contributed by atoms with E-state index in [1.165, 1.54) is 5.30 Å². The Morgan fingerprint density at radius 3 is 1.58 bits per heavy atom. The highest BCUT2D eigenvalue weighted by atomic mass is 79.9. The summed E-state index contributed by atoms with van der Waals surface area (Å²) in [5.41, 5.74) is 0.358. The normalized spacial score (nSPS) is 12.2. The summed E-state index contributed by atoms with van der Waals surface area (Å²) >= 11 is 0. The highest BCUT2D eigenvalue weighted by Crippen LogP contribution is 2.58. The predicted octanol–water partition coefficient (Wildman–Crippen LogP) is 4.67. The van der Waals surface area contributed by atoms with Gasteiger partial charge in [-0.25, -0.2) is 4.79 Å². The van der Waals surface area contributed by atoms with Gasteiger partial charge in [-0.3, -0.25) is 0 Å². The molecule has 0 aliphatic carbocycles. The van der Waals surface area contributed by atoms with Gasteiger partial charge >= 0.3 is 5.97 Å². The molecular formula is C15H24BrO2P. The average Bonchev–Trinajstić information content (AvgIpc) is 2.13. The van der Waals surface area contributed by atoms with E-state index in [1.54, 1.807) is 12.1 Å². The van der Waals surface area contributed by atoms with Crippen LogP contribution in [0.5, 0.6) is 0 Å². The first kappa shape index (κ1) is 18.6. The van der Waals surface area contributed by atoms with E-state index in [0.29, 0.717) is 5.56 Å². The summed E-state index contributed by atoms with van der Waals surface area (Å²) in [5.74, 6) is -0.864. The Kier molecular flexibility index (Phi) is 6.23. The molecule has 4 heteroatoms. The first-order chi connectivity index (χ1) is 8.03. The van der Waals surface area contributed by atoms with Crippen LogP contribution in [-0.4, -0.2) is 21.4 Å². The van der Waals surface area contributed by atoms with Gasteiger partial charge in [0.25, 0.3) is 0 Å². The number of hydrogen-bond donors (Lipinski definition) is 1. The van der Waals surface area contributed by atoms with Crippen molar-refractivity contribution in [2.45, 2.75) is 51.9 Å². The minimum Gasteiger partial charge on any atom is -0.478 e. The Labute approximate surface area is 128 Å². The van der Waals surface area contributed by atoms with Crippen LogP contribution < -0.4 is 5.30 Å². The fourth-order valence-corrected chi connectivity index (χ4v) is 6.54. The zero-order valence-corrected chi connectivity index (χ0v) is 15.1. The molecule has 2 nitrogen and oxygen atoms in total. The topological polar surface area (TPSA) is 37.3 Å². The molecule has 0 saturated carbocycles. The summed E-state index contributed by atoms with van der Waals surface area (Å²) in [6, 6.07) is 7.38. The highest BCUT2D eigenvalue weighted by molar-refractivity contribution is 8.93. The van der Waals surface area contributed by atoms with Gasteiger partial charge in [-0.15, -0.1) is 17.0 Å².